The zero-order chi connectivity index (χ0) is 68.9. The summed E-state index contributed by atoms with van der Waals surface area (Å²) in [6.07, 6.45) is 43.3. The van der Waals surface area contributed by atoms with E-state index in [4.69, 9.17) is 0 Å². The lowest BCUT2D eigenvalue weighted by Crippen LogP contribution is -2.53. The van der Waals surface area contributed by atoms with E-state index in [1.165, 1.54) is 185 Å². The Hall–Kier alpha value is -3.68. The van der Waals surface area contributed by atoms with E-state index in [9.17, 15) is 14.4 Å². The molecule has 1 aromatic heterocycles. The second-order valence-corrected chi connectivity index (χ2v) is 32.2. The minimum atomic E-state index is -0.0377. The average molecular weight is 1310 g/mol. The molecule has 0 radical (unpaired) electrons. The summed E-state index contributed by atoms with van der Waals surface area (Å²) in [5.74, 6) is 7.99. The minimum Gasteiger partial charge on any atom is -0.338 e. The Bertz CT molecular complexity index is 2100. The second-order valence-electron chi connectivity index (χ2n) is 32.2. The Morgan fingerprint density at radius 2 is 0.840 bits per heavy atom. The molecule has 0 bridgehead atoms. The Morgan fingerprint density at radius 1 is 0.447 bits per heavy atom. The molecule has 3 aliphatic heterocycles. The van der Waals surface area contributed by atoms with E-state index in [0.717, 1.165) is 158 Å². The fourth-order valence-corrected chi connectivity index (χ4v) is 13.8. The summed E-state index contributed by atoms with van der Waals surface area (Å²) >= 11 is 0. The molecule has 4 fully saturated rings. The van der Waals surface area contributed by atoms with E-state index in [1.807, 2.05) is 32.9 Å². The molecule has 1 aliphatic carbocycles. The van der Waals surface area contributed by atoms with Crippen molar-refractivity contribution in [2.24, 2.45) is 53.3 Å². The molecule has 1 saturated carbocycles. The number of urea groups is 3. The summed E-state index contributed by atoms with van der Waals surface area (Å²) in [6, 6.07) is 6.23. The van der Waals surface area contributed by atoms with Crippen molar-refractivity contribution in [3.05, 3.63) is 47.7 Å². The van der Waals surface area contributed by atoms with Crippen LogP contribution in [0.4, 0.5) is 20.2 Å². The van der Waals surface area contributed by atoms with Gasteiger partial charge in [0.15, 0.2) is 0 Å². The van der Waals surface area contributed by atoms with Gasteiger partial charge in [0.05, 0.1) is 0 Å². The standard InChI is InChI=1S/C30H61N3O.C26H47N3O.C25H44N4O/c1-25(2)11-8-12-27(5)13-9-14-28(6)15-10-16-29(7)18-20-32-21-23-33(24-22-32)30(34)31-19-17-26(3)4;1-22(2)10-8-11-23(3)12-9-13-24(4)16-17-28-18-20-29(21-19-28)26(30)27-25-14-6-5-7-15-25;1-21(2)9-7-10-22(3)11-8-12-23(4)14-16-28-17-19-29(20-18-28)25(30)27-24-13-5-6-15-26-24/h25-29H,8-24H2,1-7H3,(H,31,34);10,12,24-25H,5-9,11,13-21H2,1-4H3,(H,27,30);5-6,13,15,21-23H,7-12,14,16-20H2,1-4H3,(H,26,27,30)/b;23-12+;. The third-order valence-corrected chi connectivity index (χ3v) is 21.0. The zero-order valence-electron chi connectivity index (χ0n) is 64.2. The SMILES string of the molecule is CC(C)=CCC/C(C)=C/CCC(C)CCN1CCN(C(=O)NC2CCCCC2)CC1.CC(C)CCCC(C)CCCC(C)CCCC(C)CCN1CCN(C(=O)NCCC(C)C)CC1.CC(C)CCCC(C)CCCC(C)CCN1CCN(C(=O)Nc2ccccn2)CC1. The number of allylic oxidation sites excluding steroid dienone is 4. The smallest absolute Gasteiger partial charge is 0.323 e. The second kappa shape index (κ2) is 51.5. The molecule has 6 unspecified atom stereocenters. The van der Waals surface area contributed by atoms with Crippen molar-refractivity contribution in [1.82, 2.24) is 45.0 Å². The molecule has 6 atom stereocenters. The fourth-order valence-electron chi connectivity index (χ4n) is 13.8. The van der Waals surface area contributed by atoms with E-state index < -0.39 is 0 Å². The number of piperazine rings is 3. The largest absolute Gasteiger partial charge is 0.338 e. The number of hydrogen-bond donors (Lipinski definition) is 3. The normalized spacial score (nSPS) is 18.4. The third kappa shape index (κ3) is 42.9. The van der Waals surface area contributed by atoms with Crippen LogP contribution in [-0.4, -0.2) is 163 Å². The third-order valence-electron chi connectivity index (χ3n) is 21.0. The van der Waals surface area contributed by atoms with E-state index in [2.05, 4.69) is 152 Å². The Kier molecular flexibility index (Phi) is 46.3. The van der Waals surface area contributed by atoms with Crippen LogP contribution >= 0.6 is 0 Å². The van der Waals surface area contributed by atoms with Crippen molar-refractivity contribution in [2.45, 2.75) is 290 Å². The highest BCUT2D eigenvalue weighted by Crippen LogP contribution is 2.25. The van der Waals surface area contributed by atoms with Crippen LogP contribution in [0.1, 0.15) is 284 Å². The number of hydrogen-bond acceptors (Lipinski definition) is 7. The minimum absolute atomic E-state index is 0.0377. The highest BCUT2D eigenvalue weighted by Gasteiger charge is 2.26. The first-order valence-corrected chi connectivity index (χ1v) is 39.6. The highest BCUT2D eigenvalue weighted by atomic mass is 16.2. The number of nitrogens with one attached hydrogen (secondary N) is 3. The first-order valence-electron chi connectivity index (χ1n) is 39.6. The van der Waals surface area contributed by atoms with E-state index in [-0.39, 0.29) is 18.1 Å². The molecule has 3 saturated heterocycles. The van der Waals surface area contributed by atoms with Gasteiger partial charge in [-0.25, -0.2) is 19.4 Å². The molecule has 4 aliphatic rings. The summed E-state index contributed by atoms with van der Waals surface area (Å²) in [5.41, 5.74) is 2.95. The number of nitrogens with zero attached hydrogens (tertiary/aromatic N) is 7. The molecule has 3 N–H and O–H groups in total. The van der Waals surface area contributed by atoms with Gasteiger partial charge in [-0.05, 0) is 170 Å². The van der Waals surface area contributed by atoms with Crippen LogP contribution in [0.3, 0.4) is 0 Å². The van der Waals surface area contributed by atoms with Crippen LogP contribution in [-0.2, 0) is 0 Å². The van der Waals surface area contributed by atoms with Gasteiger partial charge in [-0.2, -0.15) is 0 Å². The molecule has 4 heterocycles. The molecule has 1 aromatic rings. The van der Waals surface area contributed by atoms with Gasteiger partial charge in [-0.15, -0.1) is 0 Å². The molecule has 94 heavy (non-hydrogen) atoms. The van der Waals surface area contributed by atoms with Crippen LogP contribution in [0.5, 0.6) is 0 Å². The van der Waals surface area contributed by atoms with Crippen molar-refractivity contribution in [3.63, 3.8) is 0 Å². The molecule has 6 amide bonds. The molecule has 13 nitrogen and oxygen atoms in total. The lowest BCUT2D eigenvalue weighted by Gasteiger charge is -2.36. The maximum Gasteiger partial charge on any atom is 0.323 e. The predicted octanol–water partition coefficient (Wildman–Crippen LogP) is 19.9. The summed E-state index contributed by atoms with van der Waals surface area (Å²) < 4.78 is 0. The van der Waals surface area contributed by atoms with Crippen LogP contribution in [0.2, 0.25) is 0 Å². The van der Waals surface area contributed by atoms with Gasteiger partial charge in [0, 0.05) is 97.3 Å². The Morgan fingerprint density at radius 3 is 1.24 bits per heavy atom. The quantitative estimate of drug-likeness (QED) is 0.0560. The van der Waals surface area contributed by atoms with Gasteiger partial charge in [0.1, 0.15) is 5.82 Å². The number of amides is 6. The molecular weight excluding hydrogens is 1160 g/mol. The predicted molar refractivity (Wildman–Crippen MR) is 405 cm³/mol. The van der Waals surface area contributed by atoms with Crippen LogP contribution < -0.4 is 16.0 Å². The van der Waals surface area contributed by atoms with Gasteiger partial charge in [-0.1, -0.05) is 228 Å². The van der Waals surface area contributed by atoms with Gasteiger partial charge in [-0.3, -0.25) is 20.0 Å². The van der Waals surface area contributed by atoms with E-state index in [1.54, 1.807) is 6.20 Å². The maximum atomic E-state index is 12.5. The number of carbonyl (C=O) groups excluding carboxylic acids is 3. The number of rotatable bonds is 40. The first-order chi connectivity index (χ1) is 45.0. The van der Waals surface area contributed by atoms with Gasteiger partial charge < -0.3 is 25.3 Å². The van der Waals surface area contributed by atoms with Gasteiger partial charge in [0.2, 0.25) is 0 Å². The van der Waals surface area contributed by atoms with Crippen LogP contribution in [0.25, 0.3) is 0 Å². The molecule has 5 rings (SSSR count). The maximum absolute atomic E-state index is 12.5. The van der Waals surface area contributed by atoms with Crippen molar-refractivity contribution < 1.29 is 14.4 Å². The van der Waals surface area contributed by atoms with Crippen molar-refractivity contribution >= 4 is 23.9 Å². The molecular formula is C81H152N10O3. The number of aromatic nitrogens is 1. The molecule has 0 spiro atoms. The van der Waals surface area contributed by atoms with Crippen LogP contribution in [0.15, 0.2) is 47.7 Å². The lowest BCUT2D eigenvalue weighted by molar-refractivity contribution is 0.131. The topological polar surface area (TPSA) is 120 Å². The Balaban J connectivity index is 0.000000368. The lowest BCUT2D eigenvalue weighted by atomic mass is 9.90. The van der Waals surface area contributed by atoms with Crippen molar-refractivity contribution in [2.75, 3.05) is 110 Å². The van der Waals surface area contributed by atoms with Crippen LogP contribution in [0, 0.1) is 53.3 Å². The highest BCUT2D eigenvalue weighted by molar-refractivity contribution is 5.88. The molecule has 544 valence electrons. The van der Waals surface area contributed by atoms with Crippen molar-refractivity contribution in [1.29, 1.82) is 0 Å². The fraction of sp³-hybridized carbons (Fsp3) is 0.852. The summed E-state index contributed by atoms with van der Waals surface area (Å²) in [6.45, 7) is 50.3. The van der Waals surface area contributed by atoms with Gasteiger partial charge >= 0.3 is 18.1 Å². The van der Waals surface area contributed by atoms with E-state index >= 15 is 0 Å². The average Bonchev–Trinajstić information content (AvgIpc) is 1.99. The summed E-state index contributed by atoms with van der Waals surface area (Å²) in [4.78, 5) is 54.8. The Labute approximate surface area is 581 Å². The van der Waals surface area contributed by atoms with E-state index in [0.29, 0.717) is 17.8 Å². The molecule has 13 heteroatoms. The summed E-state index contributed by atoms with van der Waals surface area (Å²) in [5, 5.41) is 9.23. The van der Waals surface area contributed by atoms with Gasteiger partial charge in [0.25, 0.3) is 0 Å². The number of pyridine rings is 1. The molecule has 0 aromatic carbocycles. The number of anilines is 1. The zero-order valence-corrected chi connectivity index (χ0v) is 64.2. The van der Waals surface area contributed by atoms with Crippen molar-refractivity contribution in [3.8, 4) is 0 Å². The summed E-state index contributed by atoms with van der Waals surface area (Å²) in [7, 11) is 0. The first kappa shape index (κ1) is 84.5. The monoisotopic (exact) mass is 1310 g/mol. The number of carbonyl (C=O) groups is 3.